The summed E-state index contributed by atoms with van der Waals surface area (Å²) in [5, 5.41) is 3.02. The topological polar surface area (TPSA) is 66.5 Å². The van der Waals surface area contributed by atoms with Gasteiger partial charge >= 0.3 is 0 Å². The summed E-state index contributed by atoms with van der Waals surface area (Å²) in [5.41, 5.74) is 1.45. The third-order valence-corrected chi connectivity index (χ3v) is 6.41. The Kier molecular flexibility index (Phi) is 4.85. The number of anilines is 2. The molecule has 126 valence electrons. The number of carbonyl (C=O) groups is 1. The van der Waals surface area contributed by atoms with Crippen molar-refractivity contribution in [3.05, 3.63) is 57.5 Å². The number of amides is 1. The highest BCUT2D eigenvalue weighted by Gasteiger charge is 2.28. The van der Waals surface area contributed by atoms with Crippen LogP contribution < -0.4 is 9.62 Å². The van der Waals surface area contributed by atoms with Gasteiger partial charge in [0.25, 0.3) is 5.91 Å². The van der Waals surface area contributed by atoms with Crippen LogP contribution in [0.5, 0.6) is 0 Å². The first-order valence-corrected chi connectivity index (χ1v) is 10.0. The molecule has 0 bridgehead atoms. The molecule has 2 aromatic carbocycles. The largest absolute Gasteiger partial charge is 0.321 e. The van der Waals surface area contributed by atoms with Gasteiger partial charge in [0.1, 0.15) is 0 Å². The van der Waals surface area contributed by atoms with Gasteiger partial charge < -0.3 is 5.32 Å². The van der Waals surface area contributed by atoms with E-state index in [4.69, 9.17) is 11.6 Å². The molecule has 0 atom stereocenters. The second kappa shape index (κ2) is 6.74. The van der Waals surface area contributed by atoms with Gasteiger partial charge in [-0.1, -0.05) is 27.5 Å². The van der Waals surface area contributed by atoms with Crippen molar-refractivity contribution in [2.45, 2.75) is 6.42 Å². The Morgan fingerprint density at radius 3 is 2.46 bits per heavy atom. The van der Waals surface area contributed by atoms with Crippen molar-refractivity contribution in [2.75, 3.05) is 21.9 Å². The summed E-state index contributed by atoms with van der Waals surface area (Å²) in [6.45, 7) is 0.448. The lowest BCUT2D eigenvalue weighted by Gasteiger charge is -2.18. The summed E-state index contributed by atoms with van der Waals surface area (Å²) in [7, 11) is -3.26. The minimum Gasteiger partial charge on any atom is -0.321 e. The smallest absolute Gasteiger partial charge is 0.255 e. The van der Waals surface area contributed by atoms with Gasteiger partial charge in [-0.05, 0) is 48.9 Å². The minimum atomic E-state index is -3.26. The third kappa shape index (κ3) is 3.58. The van der Waals surface area contributed by atoms with E-state index in [-0.39, 0.29) is 11.7 Å². The van der Waals surface area contributed by atoms with Crippen molar-refractivity contribution in [2.24, 2.45) is 0 Å². The Bertz CT molecular complexity index is 885. The fourth-order valence-corrected chi connectivity index (χ4v) is 4.53. The van der Waals surface area contributed by atoms with Crippen LogP contribution in [-0.4, -0.2) is 26.6 Å². The van der Waals surface area contributed by atoms with Crippen molar-refractivity contribution in [3.8, 4) is 0 Å². The zero-order valence-corrected chi connectivity index (χ0v) is 15.7. The summed E-state index contributed by atoms with van der Waals surface area (Å²) in [5.74, 6) is -0.141. The molecule has 1 saturated heterocycles. The molecule has 1 aliphatic rings. The van der Waals surface area contributed by atoms with Crippen molar-refractivity contribution in [3.63, 3.8) is 0 Å². The van der Waals surface area contributed by atoms with Gasteiger partial charge in [0.15, 0.2) is 0 Å². The van der Waals surface area contributed by atoms with E-state index < -0.39 is 10.0 Å². The summed E-state index contributed by atoms with van der Waals surface area (Å²) in [6, 6.07) is 11.8. The quantitative estimate of drug-likeness (QED) is 0.805. The number of nitrogens with zero attached hydrogens (tertiary/aromatic N) is 1. The Morgan fingerprint density at radius 1 is 1.17 bits per heavy atom. The maximum atomic E-state index is 12.2. The highest BCUT2D eigenvalue weighted by Crippen LogP contribution is 2.31. The van der Waals surface area contributed by atoms with Crippen LogP contribution in [0.25, 0.3) is 0 Å². The Balaban J connectivity index is 1.80. The Labute approximate surface area is 153 Å². The first kappa shape index (κ1) is 17.3. The molecule has 0 spiro atoms. The van der Waals surface area contributed by atoms with Crippen molar-refractivity contribution in [1.82, 2.24) is 0 Å². The van der Waals surface area contributed by atoms with Crippen LogP contribution in [0.3, 0.4) is 0 Å². The fourth-order valence-electron chi connectivity index (χ4n) is 2.49. The summed E-state index contributed by atoms with van der Waals surface area (Å²) in [4.78, 5) is 12.2. The maximum absolute atomic E-state index is 12.2. The van der Waals surface area contributed by atoms with E-state index in [0.717, 1.165) is 4.47 Å². The molecule has 1 N–H and O–H groups in total. The normalized spacial score (nSPS) is 16.2. The van der Waals surface area contributed by atoms with Gasteiger partial charge in [0, 0.05) is 16.6 Å². The molecule has 1 fully saturated rings. The number of carbonyl (C=O) groups excluding carboxylic acids is 1. The molecule has 0 aliphatic carbocycles. The van der Waals surface area contributed by atoms with Crippen LogP contribution in [0.1, 0.15) is 16.8 Å². The predicted octanol–water partition coefficient (Wildman–Crippen LogP) is 3.89. The standard InChI is InChI=1S/C16H14BrClN2O3S/c17-12-4-2-11(3-5-12)16(21)19-15-7-6-13(10-14(15)18)20-8-1-9-24(20,22)23/h2-7,10H,1,8-9H2,(H,19,21). The average Bonchev–Trinajstić information content (AvgIpc) is 2.89. The van der Waals surface area contributed by atoms with Crippen molar-refractivity contribution >= 4 is 54.8 Å². The number of halogens is 2. The van der Waals surface area contributed by atoms with Gasteiger partial charge in [-0.15, -0.1) is 0 Å². The molecule has 0 aromatic heterocycles. The lowest BCUT2D eigenvalue weighted by Crippen LogP contribution is -2.25. The second-order valence-electron chi connectivity index (χ2n) is 5.37. The molecule has 0 saturated carbocycles. The predicted molar refractivity (Wildman–Crippen MR) is 99.3 cm³/mol. The molecule has 0 radical (unpaired) electrons. The summed E-state index contributed by atoms with van der Waals surface area (Å²) >= 11 is 9.53. The molecule has 2 aromatic rings. The molecular weight excluding hydrogens is 416 g/mol. The lowest BCUT2D eigenvalue weighted by molar-refractivity contribution is 0.102. The third-order valence-electron chi connectivity index (χ3n) is 3.69. The number of hydrogen-bond donors (Lipinski definition) is 1. The molecule has 1 heterocycles. The number of benzene rings is 2. The second-order valence-corrected chi connectivity index (χ2v) is 8.70. The first-order valence-electron chi connectivity index (χ1n) is 7.24. The van der Waals surface area contributed by atoms with Crippen molar-refractivity contribution in [1.29, 1.82) is 0 Å². The van der Waals surface area contributed by atoms with Crippen molar-refractivity contribution < 1.29 is 13.2 Å². The van der Waals surface area contributed by atoms with Gasteiger partial charge in [-0.2, -0.15) is 0 Å². The van der Waals surface area contributed by atoms with Crippen LogP contribution in [-0.2, 0) is 10.0 Å². The van der Waals surface area contributed by atoms with E-state index in [0.29, 0.717) is 34.9 Å². The van der Waals surface area contributed by atoms with Gasteiger partial charge in [-0.3, -0.25) is 9.10 Å². The molecule has 0 unspecified atom stereocenters. The average molecular weight is 430 g/mol. The zero-order chi connectivity index (χ0) is 17.3. The first-order chi connectivity index (χ1) is 11.4. The molecule has 3 rings (SSSR count). The summed E-state index contributed by atoms with van der Waals surface area (Å²) in [6.07, 6.45) is 0.599. The molecular formula is C16H14BrClN2O3S. The van der Waals surface area contributed by atoms with E-state index >= 15 is 0 Å². The fraction of sp³-hybridized carbons (Fsp3) is 0.188. The molecule has 5 nitrogen and oxygen atoms in total. The molecule has 24 heavy (non-hydrogen) atoms. The van der Waals surface area contributed by atoms with Crippen LogP contribution in [0, 0.1) is 0 Å². The molecule has 1 aliphatic heterocycles. The van der Waals surface area contributed by atoms with Gasteiger partial charge in [0.2, 0.25) is 10.0 Å². The number of rotatable bonds is 3. The number of nitrogens with one attached hydrogen (secondary N) is 1. The van der Waals surface area contributed by atoms with E-state index in [1.54, 1.807) is 42.5 Å². The van der Waals surface area contributed by atoms with E-state index in [1.165, 1.54) is 4.31 Å². The van der Waals surface area contributed by atoms with Gasteiger partial charge in [0.05, 0.1) is 22.2 Å². The highest BCUT2D eigenvalue weighted by atomic mass is 79.9. The van der Waals surface area contributed by atoms with E-state index in [1.807, 2.05) is 0 Å². The van der Waals surface area contributed by atoms with E-state index in [2.05, 4.69) is 21.2 Å². The summed E-state index contributed by atoms with van der Waals surface area (Å²) < 4.78 is 26.1. The van der Waals surface area contributed by atoms with Crippen LogP contribution in [0.2, 0.25) is 5.02 Å². The number of sulfonamides is 1. The van der Waals surface area contributed by atoms with Gasteiger partial charge in [-0.25, -0.2) is 8.42 Å². The maximum Gasteiger partial charge on any atom is 0.255 e. The van der Waals surface area contributed by atoms with Crippen LogP contribution in [0.15, 0.2) is 46.9 Å². The minimum absolute atomic E-state index is 0.146. The molecule has 8 heteroatoms. The monoisotopic (exact) mass is 428 g/mol. The Hall–Kier alpha value is -1.57. The van der Waals surface area contributed by atoms with E-state index in [9.17, 15) is 13.2 Å². The highest BCUT2D eigenvalue weighted by molar-refractivity contribution is 9.10. The SMILES string of the molecule is O=C(Nc1ccc(N2CCCS2(=O)=O)cc1Cl)c1ccc(Br)cc1. The lowest BCUT2D eigenvalue weighted by atomic mass is 10.2. The molecule has 1 amide bonds. The van der Waals surface area contributed by atoms with Crippen LogP contribution in [0.4, 0.5) is 11.4 Å². The Morgan fingerprint density at radius 2 is 1.88 bits per heavy atom. The van der Waals surface area contributed by atoms with Crippen LogP contribution >= 0.6 is 27.5 Å². The zero-order valence-electron chi connectivity index (χ0n) is 12.5. The number of hydrogen-bond acceptors (Lipinski definition) is 3.